The van der Waals surface area contributed by atoms with Gasteiger partial charge in [-0.05, 0) is 19.3 Å². The Morgan fingerprint density at radius 1 is 0.262 bits per heavy atom. The summed E-state index contributed by atoms with van der Waals surface area (Å²) in [5.41, 5.74) is 0. The van der Waals surface area contributed by atoms with Crippen molar-refractivity contribution in [3.63, 3.8) is 0 Å². The van der Waals surface area contributed by atoms with E-state index in [-0.39, 0.29) is 31.1 Å². The van der Waals surface area contributed by atoms with Crippen molar-refractivity contribution < 1.29 is 28.6 Å². The highest BCUT2D eigenvalue weighted by Crippen LogP contribution is 2.17. The molecule has 1 atom stereocenters. The lowest BCUT2D eigenvalue weighted by molar-refractivity contribution is -0.167. The highest BCUT2D eigenvalue weighted by atomic mass is 16.6. The van der Waals surface area contributed by atoms with E-state index in [1.54, 1.807) is 0 Å². The number of ether oxygens (including phenoxy) is 3. The molecule has 0 rings (SSSR count). The van der Waals surface area contributed by atoms with E-state index in [0.29, 0.717) is 19.3 Å². The molecule has 0 radical (unpaired) electrons. The highest BCUT2D eigenvalue weighted by molar-refractivity contribution is 5.71. The van der Waals surface area contributed by atoms with Crippen LogP contribution in [0.5, 0.6) is 0 Å². The van der Waals surface area contributed by atoms with Gasteiger partial charge < -0.3 is 14.2 Å². The Balaban J connectivity index is 3.88. The number of esters is 3. The zero-order chi connectivity index (χ0) is 44.4. The Hall–Kier alpha value is -1.59. The number of carbonyl (C=O) groups excluding carboxylic acids is 3. The standard InChI is InChI=1S/C55H106O6/c1-4-7-10-13-16-18-19-20-21-22-23-24-25-26-27-28-29-30-31-32-33-34-35-36-37-40-42-45-48-54(57)60-51-52(50-59-53(56)47-44-41-38-15-12-9-6-3)61-55(58)49-46-43-39-17-14-11-8-5-2/h52H,4-51H2,1-3H3. The fraction of sp³-hybridized carbons (Fsp3) is 0.945. The molecule has 0 saturated heterocycles. The molecule has 0 aliphatic carbocycles. The molecule has 0 N–H and O–H groups in total. The van der Waals surface area contributed by atoms with Gasteiger partial charge in [-0.15, -0.1) is 0 Å². The molecule has 0 fully saturated rings. The fourth-order valence-electron chi connectivity index (χ4n) is 8.45. The molecule has 0 amide bonds. The molecule has 0 aliphatic heterocycles. The zero-order valence-electron chi connectivity index (χ0n) is 41.5. The third kappa shape index (κ3) is 49.3. The number of hydrogen-bond acceptors (Lipinski definition) is 6. The van der Waals surface area contributed by atoms with Crippen LogP contribution in [0.15, 0.2) is 0 Å². The molecular weight excluding hydrogens is 757 g/mol. The third-order valence-electron chi connectivity index (χ3n) is 12.6. The van der Waals surface area contributed by atoms with Crippen molar-refractivity contribution in [2.45, 2.75) is 322 Å². The van der Waals surface area contributed by atoms with Gasteiger partial charge in [-0.3, -0.25) is 14.4 Å². The number of hydrogen-bond donors (Lipinski definition) is 0. The number of rotatable bonds is 51. The molecule has 0 aromatic rings. The fourth-order valence-corrected chi connectivity index (χ4v) is 8.45. The van der Waals surface area contributed by atoms with Crippen LogP contribution < -0.4 is 0 Å². The molecule has 0 saturated carbocycles. The second kappa shape index (κ2) is 51.0. The molecule has 6 heteroatoms. The normalized spacial score (nSPS) is 11.9. The summed E-state index contributed by atoms with van der Waals surface area (Å²) in [6.07, 6.45) is 55.8. The van der Waals surface area contributed by atoms with Crippen LogP contribution in [0, 0.1) is 0 Å². The molecule has 0 spiro atoms. The summed E-state index contributed by atoms with van der Waals surface area (Å²) in [5.74, 6) is -0.857. The van der Waals surface area contributed by atoms with E-state index in [9.17, 15) is 14.4 Å². The van der Waals surface area contributed by atoms with E-state index in [0.717, 1.165) is 57.8 Å². The van der Waals surface area contributed by atoms with Crippen LogP contribution in [0.3, 0.4) is 0 Å². The van der Waals surface area contributed by atoms with Gasteiger partial charge in [0.05, 0.1) is 0 Å². The second-order valence-corrected chi connectivity index (χ2v) is 18.9. The monoisotopic (exact) mass is 863 g/mol. The molecular formula is C55H106O6. The quantitative estimate of drug-likeness (QED) is 0.0344. The molecule has 0 aromatic heterocycles. The van der Waals surface area contributed by atoms with Gasteiger partial charge in [0.15, 0.2) is 6.10 Å². The van der Waals surface area contributed by atoms with Crippen LogP contribution in [-0.2, 0) is 28.6 Å². The van der Waals surface area contributed by atoms with Crippen molar-refractivity contribution in [1.82, 2.24) is 0 Å². The average molecular weight is 863 g/mol. The maximum atomic E-state index is 12.6. The Kier molecular flexibility index (Phi) is 49.7. The first-order valence-electron chi connectivity index (χ1n) is 27.5. The van der Waals surface area contributed by atoms with Crippen molar-refractivity contribution in [3.05, 3.63) is 0 Å². The lowest BCUT2D eigenvalue weighted by Crippen LogP contribution is -2.30. The molecule has 6 nitrogen and oxygen atoms in total. The minimum Gasteiger partial charge on any atom is -0.462 e. The van der Waals surface area contributed by atoms with Gasteiger partial charge in [0.1, 0.15) is 13.2 Å². The number of carbonyl (C=O) groups is 3. The summed E-state index contributed by atoms with van der Waals surface area (Å²) >= 11 is 0. The van der Waals surface area contributed by atoms with Crippen LogP contribution in [0.25, 0.3) is 0 Å². The molecule has 0 heterocycles. The second-order valence-electron chi connectivity index (χ2n) is 18.9. The van der Waals surface area contributed by atoms with Crippen molar-refractivity contribution in [2.24, 2.45) is 0 Å². The van der Waals surface area contributed by atoms with Gasteiger partial charge in [0, 0.05) is 19.3 Å². The summed E-state index contributed by atoms with van der Waals surface area (Å²) in [6, 6.07) is 0. The van der Waals surface area contributed by atoms with Gasteiger partial charge in [0.25, 0.3) is 0 Å². The summed E-state index contributed by atoms with van der Waals surface area (Å²) in [4.78, 5) is 37.6. The summed E-state index contributed by atoms with van der Waals surface area (Å²) in [5, 5.41) is 0. The van der Waals surface area contributed by atoms with E-state index < -0.39 is 6.10 Å². The van der Waals surface area contributed by atoms with Gasteiger partial charge in [0.2, 0.25) is 0 Å². The van der Waals surface area contributed by atoms with Gasteiger partial charge >= 0.3 is 17.9 Å². The molecule has 0 bridgehead atoms. The first-order valence-corrected chi connectivity index (χ1v) is 27.5. The smallest absolute Gasteiger partial charge is 0.306 e. The predicted octanol–water partition coefficient (Wildman–Crippen LogP) is 18.0. The SMILES string of the molecule is CCCCCCCCCCCCCCCCCCCCCCCCCCCCCCC(=O)OCC(COC(=O)CCCCCCCCC)OC(=O)CCCCCCCCCC. The van der Waals surface area contributed by atoms with E-state index >= 15 is 0 Å². The Morgan fingerprint density at radius 2 is 0.443 bits per heavy atom. The van der Waals surface area contributed by atoms with Crippen LogP contribution in [0.4, 0.5) is 0 Å². The highest BCUT2D eigenvalue weighted by Gasteiger charge is 2.19. The van der Waals surface area contributed by atoms with Crippen molar-refractivity contribution >= 4 is 17.9 Å². The van der Waals surface area contributed by atoms with E-state index in [1.807, 2.05) is 0 Å². The van der Waals surface area contributed by atoms with Crippen LogP contribution in [0.2, 0.25) is 0 Å². The number of unbranched alkanes of at least 4 members (excludes halogenated alkanes) is 40. The summed E-state index contributed by atoms with van der Waals surface area (Å²) in [7, 11) is 0. The molecule has 362 valence electrons. The van der Waals surface area contributed by atoms with Gasteiger partial charge in [-0.2, -0.15) is 0 Å². The molecule has 1 unspecified atom stereocenters. The van der Waals surface area contributed by atoms with Crippen molar-refractivity contribution in [1.29, 1.82) is 0 Å². The first kappa shape index (κ1) is 59.4. The minimum absolute atomic E-state index is 0.0632. The first-order chi connectivity index (χ1) is 30.0. The van der Waals surface area contributed by atoms with E-state index in [2.05, 4.69) is 20.8 Å². The van der Waals surface area contributed by atoms with E-state index in [4.69, 9.17) is 14.2 Å². The van der Waals surface area contributed by atoms with Crippen LogP contribution in [-0.4, -0.2) is 37.2 Å². The molecule has 0 aromatic carbocycles. The maximum absolute atomic E-state index is 12.6. The predicted molar refractivity (Wildman–Crippen MR) is 261 cm³/mol. The summed E-state index contributed by atoms with van der Waals surface area (Å²) < 4.78 is 16.7. The Labute approximate surface area is 380 Å². The van der Waals surface area contributed by atoms with Crippen molar-refractivity contribution in [2.75, 3.05) is 13.2 Å². The van der Waals surface area contributed by atoms with Crippen molar-refractivity contribution in [3.8, 4) is 0 Å². The van der Waals surface area contributed by atoms with Crippen LogP contribution in [0.1, 0.15) is 316 Å². The Morgan fingerprint density at radius 3 is 0.656 bits per heavy atom. The summed E-state index contributed by atoms with van der Waals surface area (Å²) in [6.45, 7) is 6.61. The molecule has 61 heavy (non-hydrogen) atoms. The van der Waals surface area contributed by atoms with Gasteiger partial charge in [-0.1, -0.05) is 278 Å². The third-order valence-corrected chi connectivity index (χ3v) is 12.6. The maximum Gasteiger partial charge on any atom is 0.306 e. The topological polar surface area (TPSA) is 78.9 Å². The lowest BCUT2D eigenvalue weighted by atomic mass is 10.0. The van der Waals surface area contributed by atoms with Gasteiger partial charge in [-0.25, -0.2) is 0 Å². The van der Waals surface area contributed by atoms with E-state index in [1.165, 1.54) is 218 Å². The molecule has 0 aliphatic rings. The Bertz CT molecular complexity index is 905. The lowest BCUT2D eigenvalue weighted by Gasteiger charge is -2.18. The minimum atomic E-state index is -0.757. The van der Waals surface area contributed by atoms with Crippen LogP contribution >= 0.6 is 0 Å². The largest absolute Gasteiger partial charge is 0.462 e. The average Bonchev–Trinajstić information content (AvgIpc) is 3.26. The zero-order valence-corrected chi connectivity index (χ0v) is 41.5.